The summed E-state index contributed by atoms with van der Waals surface area (Å²) in [5.41, 5.74) is 1.65. The Morgan fingerprint density at radius 2 is 2.11 bits per heavy atom. The number of aliphatic hydroxyl groups is 1. The highest BCUT2D eigenvalue weighted by molar-refractivity contribution is 6.05. The molecule has 152 valence electrons. The Hall–Kier alpha value is -2.88. The Balaban J connectivity index is 1.81. The van der Waals surface area contributed by atoms with Gasteiger partial charge in [0.15, 0.2) is 0 Å². The molecule has 3 heterocycles. The lowest BCUT2D eigenvalue weighted by molar-refractivity contribution is -0.161. The molecule has 10 heteroatoms. The molecular weight excluding hydrogens is 368 g/mol. The molecule has 2 N–H and O–H groups in total. The predicted octanol–water partition coefficient (Wildman–Crippen LogP) is 0.297. The van der Waals surface area contributed by atoms with Crippen LogP contribution in [-0.2, 0) is 20.9 Å². The van der Waals surface area contributed by atoms with Crippen molar-refractivity contribution in [2.24, 2.45) is 5.92 Å². The number of rotatable bonds is 6. The molecule has 3 rings (SSSR count). The van der Waals surface area contributed by atoms with E-state index in [9.17, 15) is 24.6 Å². The summed E-state index contributed by atoms with van der Waals surface area (Å²) in [7, 11) is 3.18. The Morgan fingerprint density at radius 3 is 2.68 bits per heavy atom. The molecule has 0 spiro atoms. The van der Waals surface area contributed by atoms with Crippen molar-refractivity contribution in [3.8, 4) is 0 Å². The number of aliphatic hydroxyl groups excluding tert-OH is 1. The van der Waals surface area contributed by atoms with E-state index >= 15 is 0 Å². The van der Waals surface area contributed by atoms with Gasteiger partial charge in [-0.25, -0.2) is 9.59 Å². The van der Waals surface area contributed by atoms with E-state index in [4.69, 9.17) is 4.74 Å². The fourth-order valence-corrected chi connectivity index (χ4v) is 3.73. The summed E-state index contributed by atoms with van der Waals surface area (Å²) < 4.78 is 6.73. The first-order valence-electron chi connectivity index (χ1n) is 9.00. The van der Waals surface area contributed by atoms with Gasteiger partial charge in [-0.15, -0.1) is 0 Å². The first kappa shape index (κ1) is 19.9. The summed E-state index contributed by atoms with van der Waals surface area (Å²) in [6.45, 7) is 3.80. The maximum atomic E-state index is 12.3. The van der Waals surface area contributed by atoms with Crippen LogP contribution in [0.4, 0.5) is 4.79 Å². The number of β-lactam (4-membered cyclic amide) rings is 1. The van der Waals surface area contributed by atoms with E-state index in [-0.39, 0.29) is 24.3 Å². The van der Waals surface area contributed by atoms with Crippen molar-refractivity contribution < 1.29 is 29.3 Å². The molecule has 1 aromatic heterocycles. The molecule has 0 aliphatic carbocycles. The lowest BCUT2D eigenvalue weighted by Gasteiger charge is -2.44. The molecule has 28 heavy (non-hydrogen) atoms. The first-order valence-corrected chi connectivity index (χ1v) is 9.00. The maximum absolute atomic E-state index is 12.3. The summed E-state index contributed by atoms with van der Waals surface area (Å²) in [6.07, 6.45) is -0.966. The number of hydrogen-bond donors (Lipinski definition) is 2. The number of hydrogen-bond acceptors (Lipinski definition) is 6. The molecule has 0 aromatic carbocycles. The second-order valence-electron chi connectivity index (χ2n) is 7.28. The van der Waals surface area contributed by atoms with Gasteiger partial charge in [0.05, 0.1) is 30.3 Å². The third kappa shape index (κ3) is 3.24. The van der Waals surface area contributed by atoms with Crippen LogP contribution in [0.15, 0.2) is 11.8 Å². The van der Waals surface area contributed by atoms with Gasteiger partial charge in [-0.2, -0.15) is 5.10 Å². The minimum absolute atomic E-state index is 0.0735. The molecule has 2 aliphatic heterocycles. The average Bonchev–Trinajstić information content (AvgIpc) is 3.12. The van der Waals surface area contributed by atoms with Crippen LogP contribution in [0.3, 0.4) is 0 Å². The fourth-order valence-electron chi connectivity index (χ4n) is 3.73. The monoisotopic (exact) mass is 392 g/mol. The van der Waals surface area contributed by atoms with Gasteiger partial charge in [0.2, 0.25) is 5.91 Å². The van der Waals surface area contributed by atoms with E-state index in [1.807, 2.05) is 6.92 Å². The Bertz CT molecular complexity index is 856. The van der Waals surface area contributed by atoms with Crippen LogP contribution in [0, 0.1) is 12.8 Å². The average molecular weight is 392 g/mol. The number of aryl methyl sites for hydroxylation is 1. The van der Waals surface area contributed by atoms with Crippen LogP contribution in [0.5, 0.6) is 0 Å². The van der Waals surface area contributed by atoms with Crippen LogP contribution in [0.25, 0.3) is 5.57 Å². The van der Waals surface area contributed by atoms with Gasteiger partial charge >= 0.3 is 12.1 Å². The second kappa shape index (κ2) is 7.27. The predicted molar refractivity (Wildman–Crippen MR) is 97.0 cm³/mol. The zero-order chi connectivity index (χ0) is 20.7. The van der Waals surface area contributed by atoms with Gasteiger partial charge in [-0.05, 0) is 26.3 Å². The van der Waals surface area contributed by atoms with Gasteiger partial charge < -0.3 is 24.7 Å². The minimum Gasteiger partial charge on any atom is -0.477 e. The minimum atomic E-state index is -1.19. The highest BCUT2D eigenvalue weighted by atomic mass is 16.6. The standard InChI is InChI=1S/C18H24N4O6/c1-9-7-12(19-21(9)5-6-28-18(27)20(3)4)11-8-13-14(10(2)23)16(24)22(13)15(11)17(25)26/h7,10,13-14,23H,5-6,8H2,1-4H3,(H,25,26)/t10-,13?,14-/m1/s1. The summed E-state index contributed by atoms with van der Waals surface area (Å²) in [5, 5.41) is 23.9. The van der Waals surface area contributed by atoms with Gasteiger partial charge in [0.25, 0.3) is 0 Å². The summed E-state index contributed by atoms with van der Waals surface area (Å²) in [4.78, 5) is 38.2. The Kier molecular flexibility index (Phi) is 5.16. The number of ether oxygens (including phenoxy) is 1. The molecule has 1 aromatic rings. The number of aliphatic carboxylic acids is 1. The number of aromatic nitrogens is 2. The maximum Gasteiger partial charge on any atom is 0.409 e. The fraction of sp³-hybridized carbons (Fsp3) is 0.556. The van der Waals surface area contributed by atoms with Crippen LogP contribution >= 0.6 is 0 Å². The molecular formula is C18H24N4O6. The van der Waals surface area contributed by atoms with Crippen molar-refractivity contribution in [1.82, 2.24) is 19.6 Å². The molecule has 1 fully saturated rings. The van der Waals surface area contributed by atoms with E-state index in [0.29, 0.717) is 24.2 Å². The van der Waals surface area contributed by atoms with E-state index in [1.165, 1.54) is 16.7 Å². The van der Waals surface area contributed by atoms with Crippen LogP contribution < -0.4 is 0 Å². The van der Waals surface area contributed by atoms with Gasteiger partial charge in [-0.1, -0.05) is 0 Å². The zero-order valence-electron chi connectivity index (χ0n) is 16.2. The number of amides is 2. The number of carbonyl (C=O) groups excluding carboxylic acids is 2. The Morgan fingerprint density at radius 1 is 1.43 bits per heavy atom. The van der Waals surface area contributed by atoms with Crippen molar-refractivity contribution in [3.63, 3.8) is 0 Å². The highest BCUT2D eigenvalue weighted by Gasteiger charge is 2.57. The molecule has 1 saturated heterocycles. The van der Waals surface area contributed by atoms with Crippen molar-refractivity contribution in [1.29, 1.82) is 0 Å². The van der Waals surface area contributed by atoms with Gasteiger partial charge in [0.1, 0.15) is 12.3 Å². The highest BCUT2D eigenvalue weighted by Crippen LogP contribution is 2.46. The topological polar surface area (TPSA) is 125 Å². The number of fused-ring (bicyclic) bond motifs is 1. The van der Waals surface area contributed by atoms with E-state index in [0.717, 1.165) is 5.69 Å². The van der Waals surface area contributed by atoms with Gasteiger partial charge in [0, 0.05) is 25.4 Å². The van der Waals surface area contributed by atoms with Gasteiger partial charge in [-0.3, -0.25) is 9.48 Å². The largest absolute Gasteiger partial charge is 0.477 e. The number of carboxylic acid groups (broad SMARTS) is 1. The quantitative estimate of drug-likeness (QED) is 0.667. The zero-order valence-corrected chi connectivity index (χ0v) is 16.2. The molecule has 2 aliphatic rings. The molecule has 2 amide bonds. The third-order valence-electron chi connectivity index (χ3n) is 5.12. The summed E-state index contributed by atoms with van der Waals surface area (Å²) >= 11 is 0. The molecule has 0 radical (unpaired) electrons. The van der Waals surface area contributed by atoms with Crippen LogP contribution in [0.2, 0.25) is 0 Å². The van der Waals surface area contributed by atoms with E-state index in [2.05, 4.69) is 5.10 Å². The smallest absolute Gasteiger partial charge is 0.409 e. The van der Waals surface area contributed by atoms with Crippen molar-refractivity contribution in [3.05, 3.63) is 23.2 Å². The number of nitrogens with zero attached hydrogens (tertiary/aromatic N) is 4. The van der Waals surface area contributed by atoms with E-state index in [1.54, 1.807) is 24.8 Å². The lowest BCUT2D eigenvalue weighted by Crippen LogP contribution is -2.61. The molecule has 1 unspecified atom stereocenters. The van der Waals surface area contributed by atoms with Crippen LogP contribution in [-0.4, -0.2) is 80.6 Å². The molecule has 0 bridgehead atoms. The first-order chi connectivity index (χ1) is 13.1. The van der Waals surface area contributed by atoms with Crippen LogP contribution in [0.1, 0.15) is 24.7 Å². The molecule has 3 atom stereocenters. The molecule has 10 nitrogen and oxygen atoms in total. The van der Waals surface area contributed by atoms with Crippen molar-refractivity contribution in [2.75, 3.05) is 20.7 Å². The number of carboxylic acids is 1. The van der Waals surface area contributed by atoms with E-state index < -0.39 is 24.1 Å². The lowest BCUT2D eigenvalue weighted by atomic mass is 9.83. The van der Waals surface area contributed by atoms with Crippen molar-refractivity contribution in [2.45, 2.75) is 39.0 Å². The summed E-state index contributed by atoms with van der Waals surface area (Å²) in [5.74, 6) is -2.17. The molecule has 0 saturated carbocycles. The third-order valence-corrected chi connectivity index (χ3v) is 5.12. The summed E-state index contributed by atoms with van der Waals surface area (Å²) in [6, 6.07) is 1.39. The number of carbonyl (C=O) groups is 3. The second-order valence-corrected chi connectivity index (χ2v) is 7.28. The SMILES string of the molecule is Cc1cc(C2=C(C(=O)O)N3C(=O)[C@H]([C@@H](C)O)C3C2)nn1CCOC(=O)N(C)C. The van der Waals surface area contributed by atoms with Crippen molar-refractivity contribution >= 4 is 23.5 Å². The Labute approximate surface area is 162 Å². The normalized spacial score (nSPS) is 22.0.